The van der Waals surface area contributed by atoms with Crippen LogP contribution in [0.1, 0.15) is 11.1 Å². The molecule has 0 bridgehead atoms. The first-order chi connectivity index (χ1) is 9.89. The van der Waals surface area contributed by atoms with E-state index in [2.05, 4.69) is 4.72 Å². The van der Waals surface area contributed by atoms with Crippen molar-refractivity contribution < 1.29 is 12.8 Å². The van der Waals surface area contributed by atoms with Crippen molar-refractivity contribution in [2.24, 2.45) is 0 Å². The van der Waals surface area contributed by atoms with Gasteiger partial charge in [0, 0.05) is 11.4 Å². The van der Waals surface area contributed by atoms with Gasteiger partial charge in [0.05, 0.1) is 11.3 Å². The van der Waals surface area contributed by atoms with Gasteiger partial charge < -0.3 is 5.73 Å². The molecule has 0 aromatic heterocycles. The number of benzene rings is 2. The van der Waals surface area contributed by atoms with Crippen molar-refractivity contribution >= 4 is 21.4 Å². The molecule has 5 nitrogen and oxygen atoms in total. The minimum Gasteiger partial charge on any atom is -0.399 e. The lowest BCUT2D eigenvalue weighted by Crippen LogP contribution is -2.15. The molecule has 2 aromatic rings. The predicted molar refractivity (Wildman–Crippen MR) is 78.2 cm³/mol. The maximum atomic E-state index is 13.2. The SMILES string of the molecule is N#Cc1cc(NS(=O)(=O)Cc2ccc(N)cc2)ccc1F. The first kappa shape index (κ1) is 14.8. The Hall–Kier alpha value is -2.59. The van der Waals surface area contributed by atoms with Crippen molar-refractivity contribution in [3.8, 4) is 6.07 Å². The van der Waals surface area contributed by atoms with Crippen LogP contribution >= 0.6 is 0 Å². The quantitative estimate of drug-likeness (QED) is 0.846. The van der Waals surface area contributed by atoms with Crippen LogP contribution in [-0.2, 0) is 15.8 Å². The molecule has 108 valence electrons. The molecule has 3 N–H and O–H groups in total. The second-order valence-corrected chi connectivity index (χ2v) is 6.13. The van der Waals surface area contributed by atoms with Crippen molar-refractivity contribution in [1.82, 2.24) is 0 Å². The third-order valence-corrected chi connectivity index (χ3v) is 3.96. The van der Waals surface area contributed by atoms with Crippen LogP contribution in [0.5, 0.6) is 0 Å². The predicted octanol–water partition coefficient (Wildman–Crippen LogP) is 2.22. The van der Waals surface area contributed by atoms with Crippen LogP contribution in [0.4, 0.5) is 15.8 Å². The average Bonchev–Trinajstić information content (AvgIpc) is 2.43. The normalized spacial score (nSPS) is 10.9. The summed E-state index contributed by atoms with van der Waals surface area (Å²) in [5, 5.41) is 8.72. The van der Waals surface area contributed by atoms with E-state index >= 15 is 0 Å². The van der Waals surface area contributed by atoms with E-state index in [4.69, 9.17) is 11.0 Å². The van der Waals surface area contributed by atoms with Gasteiger partial charge >= 0.3 is 0 Å². The lowest BCUT2D eigenvalue weighted by atomic mass is 10.2. The highest BCUT2D eigenvalue weighted by Crippen LogP contribution is 2.17. The van der Waals surface area contributed by atoms with E-state index in [1.54, 1.807) is 30.3 Å². The van der Waals surface area contributed by atoms with E-state index in [1.807, 2.05) is 0 Å². The molecule has 0 fully saturated rings. The number of nitrogens with zero attached hydrogens (tertiary/aromatic N) is 1. The number of sulfonamides is 1. The van der Waals surface area contributed by atoms with E-state index in [0.29, 0.717) is 11.3 Å². The molecule has 2 rings (SSSR count). The molecule has 0 aliphatic carbocycles. The van der Waals surface area contributed by atoms with Gasteiger partial charge in [0.15, 0.2) is 0 Å². The smallest absolute Gasteiger partial charge is 0.236 e. The number of nitrogens with two attached hydrogens (primary N) is 1. The molecule has 0 unspecified atom stereocenters. The van der Waals surface area contributed by atoms with Gasteiger partial charge in [-0.05, 0) is 35.9 Å². The topological polar surface area (TPSA) is 96.0 Å². The molecule has 0 saturated carbocycles. The molecule has 0 amide bonds. The van der Waals surface area contributed by atoms with Crippen LogP contribution in [0.2, 0.25) is 0 Å². The van der Waals surface area contributed by atoms with Crippen LogP contribution in [0.15, 0.2) is 42.5 Å². The summed E-state index contributed by atoms with van der Waals surface area (Å²) in [6, 6.07) is 11.5. The molecule has 0 saturated heterocycles. The zero-order valence-electron chi connectivity index (χ0n) is 10.9. The van der Waals surface area contributed by atoms with Gasteiger partial charge in [0.1, 0.15) is 11.9 Å². The lowest BCUT2D eigenvalue weighted by molar-refractivity contribution is 0.600. The Kier molecular flexibility index (Phi) is 4.10. The highest BCUT2D eigenvalue weighted by Gasteiger charge is 2.13. The van der Waals surface area contributed by atoms with E-state index in [9.17, 15) is 12.8 Å². The second kappa shape index (κ2) is 5.81. The van der Waals surface area contributed by atoms with Gasteiger partial charge in [0.25, 0.3) is 0 Å². The molecule has 7 heteroatoms. The first-order valence-corrected chi connectivity index (χ1v) is 7.59. The molecule has 0 aliphatic rings. The van der Waals surface area contributed by atoms with E-state index in [0.717, 1.165) is 12.1 Å². The molecule has 0 radical (unpaired) electrons. The summed E-state index contributed by atoms with van der Waals surface area (Å²) in [5.74, 6) is -0.939. The van der Waals surface area contributed by atoms with Crippen molar-refractivity contribution in [2.45, 2.75) is 5.75 Å². The Morgan fingerprint density at radius 3 is 2.48 bits per heavy atom. The van der Waals surface area contributed by atoms with E-state index < -0.39 is 15.8 Å². The van der Waals surface area contributed by atoms with Gasteiger partial charge in [0.2, 0.25) is 10.0 Å². The third-order valence-electron chi connectivity index (χ3n) is 2.70. The highest BCUT2D eigenvalue weighted by atomic mass is 32.2. The monoisotopic (exact) mass is 305 g/mol. The molecule has 21 heavy (non-hydrogen) atoms. The van der Waals surface area contributed by atoms with E-state index in [-0.39, 0.29) is 17.0 Å². The number of hydrogen-bond donors (Lipinski definition) is 2. The van der Waals surface area contributed by atoms with Crippen LogP contribution in [0, 0.1) is 17.1 Å². The number of hydrogen-bond acceptors (Lipinski definition) is 4. The Morgan fingerprint density at radius 2 is 1.86 bits per heavy atom. The van der Waals surface area contributed by atoms with Crippen molar-refractivity contribution in [2.75, 3.05) is 10.5 Å². The Labute approximate surface area is 121 Å². The fourth-order valence-electron chi connectivity index (χ4n) is 1.72. The summed E-state index contributed by atoms with van der Waals surface area (Å²) in [7, 11) is -3.66. The lowest BCUT2D eigenvalue weighted by Gasteiger charge is -2.09. The Balaban J connectivity index is 2.18. The summed E-state index contributed by atoms with van der Waals surface area (Å²) >= 11 is 0. The summed E-state index contributed by atoms with van der Waals surface area (Å²) < 4.78 is 39.5. The van der Waals surface area contributed by atoms with Gasteiger partial charge in [-0.2, -0.15) is 5.26 Å². The molecule has 0 aliphatic heterocycles. The molecule has 2 aromatic carbocycles. The van der Waals surface area contributed by atoms with Gasteiger partial charge in [-0.3, -0.25) is 4.72 Å². The standard InChI is InChI=1S/C14H12FN3O2S/c15-14-6-5-13(7-11(14)8-16)18-21(19,20)9-10-1-3-12(17)4-2-10/h1-7,18H,9,17H2. The molecule has 0 spiro atoms. The van der Waals surface area contributed by atoms with E-state index in [1.165, 1.54) is 6.07 Å². The Bertz CT molecular complexity index is 796. The summed E-state index contributed by atoms with van der Waals surface area (Å²) in [6.07, 6.45) is 0. The summed E-state index contributed by atoms with van der Waals surface area (Å²) in [6.45, 7) is 0. The zero-order chi connectivity index (χ0) is 15.5. The Morgan fingerprint density at radius 1 is 1.19 bits per heavy atom. The van der Waals surface area contributed by atoms with Crippen LogP contribution in [-0.4, -0.2) is 8.42 Å². The molecular formula is C14H12FN3O2S. The number of nitrogens with one attached hydrogen (secondary N) is 1. The molecular weight excluding hydrogens is 293 g/mol. The largest absolute Gasteiger partial charge is 0.399 e. The van der Waals surface area contributed by atoms with Gasteiger partial charge in [-0.15, -0.1) is 0 Å². The summed E-state index contributed by atoms with van der Waals surface area (Å²) in [4.78, 5) is 0. The zero-order valence-corrected chi connectivity index (χ0v) is 11.7. The number of nitrogen functional groups attached to an aromatic ring is 1. The number of halogens is 1. The van der Waals surface area contributed by atoms with Crippen LogP contribution < -0.4 is 10.5 Å². The highest BCUT2D eigenvalue weighted by molar-refractivity contribution is 7.91. The van der Waals surface area contributed by atoms with Crippen LogP contribution in [0.3, 0.4) is 0 Å². The minimum absolute atomic E-state index is 0.142. The number of anilines is 2. The van der Waals surface area contributed by atoms with Crippen LogP contribution in [0.25, 0.3) is 0 Å². The second-order valence-electron chi connectivity index (χ2n) is 4.41. The first-order valence-electron chi connectivity index (χ1n) is 5.94. The average molecular weight is 305 g/mol. The third kappa shape index (κ3) is 3.94. The maximum Gasteiger partial charge on any atom is 0.236 e. The number of rotatable bonds is 4. The van der Waals surface area contributed by atoms with Crippen molar-refractivity contribution in [3.05, 3.63) is 59.4 Å². The van der Waals surface area contributed by atoms with Crippen molar-refractivity contribution in [3.63, 3.8) is 0 Å². The summed E-state index contributed by atoms with van der Waals surface area (Å²) in [5.41, 5.74) is 6.56. The fraction of sp³-hybridized carbons (Fsp3) is 0.0714. The number of nitriles is 1. The van der Waals surface area contributed by atoms with Crippen molar-refractivity contribution in [1.29, 1.82) is 5.26 Å². The minimum atomic E-state index is -3.66. The molecule has 0 heterocycles. The maximum absolute atomic E-state index is 13.2. The van der Waals surface area contributed by atoms with Gasteiger partial charge in [-0.25, -0.2) is 12.8 Å². The fourth-order valence-corrected chi connectivity index (χ4v) is 2.91. The van der Waals surface area contributed by atoms with Gasteiger partial charge in [-0.1, -0.05) is 12.1 Å². The molecule has 0 atom stereocenters.